The summed E-state index contributed by atoms with van der Waals surface area (Å²) in [5.41, 5.74) is 40.4. The quantitative estimate of drug-likeness (QED) is 0.0317. The third kappa shape index (κ3) is 25.6. The summed E-state index contributed by atoms with van der Waals surface area (Å²) < 4.78 is 16.7. The summed E-state index contributed by atoms with van der Waals surface area (Å²) in [7, 11) is 0. The predicted octanol–water partition coefficient (Wildman–Crippen LogP) is 21.7. The smallest absolute Gasteiger partial charge is 0.222 e. The van der Waals surface area contributed by atoms with Gasteiger partial charge in [0.25, 0.3) is 0 Å². The van der Waals surface area contributed by atoms with Gasteiger partial charge in [-0.05, 0) is 222 Å². The van der Waals surface area contributed by atoms with E-state index in [0.717, 1.165) is 128 Å². The SMILES string of the molecule is CC(C)(C)c1cc(Nc2ccc(Sc3ccncc3)cc2)nc(N)n1.CCc1cc(Nc2ccc(Sc3ccncc3)cc2)nc(N)n1.Cc1nc(N)nc(Nc2ccc(Sc3ccncc3)cc2)c1Cl.Cc1nc(N)nc(Nc2ccc3c(ccn3-c3ccncc3)c2)c1Cl.Nc1nc2c(c(Nc3ccc(Sc4ccncc4)c(F)c3)n1)CCCCC2. The van der Waals surface area contributed by atoms with Crippen molar-refractivity contribution in [1.82, 2.24) is 79.3 Å². The van der Waals surface area contributed by atoms with Crippen molar-refractivity contribution >= 4 is 168 Å². The minimum atomic E-state index is -0.282. The second-order valence-electron chi connectivity index (χ2n) is 28.4. The van der Waals surface area contributed by atoms with Gasteiger partial charge in [-0.1, -0.05) is 104 Å². The summed E-state index contributed by atoms with van der Waals surface area (Å²) in [6.07, 6.45) is 25.8. The number of anilines is 15. The molecule has 5 aromatic carbocycles. The van der Waals surface area contributed by atoms with Crippen LogP contribution in [0, 0.1) is 19.7 Å². The highest BCUT2D eigenvalue weighted by Gasteiger charge is 2.21. The molecule has 0 aliphatic heterocycles. The third-order valence-electron chi connectivity index (χ3n) is 18.2. The number of pyridine rings is 5. The lowest BCUT2D eigenvalue weighted by atomic mass is 9.92. The number of rotatable bonds is 20. The van der Waals surface area contributed by atoms with Gasteiger partial charge < -0.3 is 59.8 Å². The highest BCUT2D eigenvalue weighted by Crippen LogP contribution is 2.38. The number of aromatic nitrogens is 16. The number of halogens is 3. The van der Waals surface area contributed by atoms with Crippen molar-refractivity contribution in [2.45, 2.75) is 125 Å². The largest absolute Gasteiger partial charge is 0.368 e. The normalized spacial score (nSPS) is 11.5. The lowest BCUT2D eigenvalue weighted by Gasteiger charge is -2.19. The van der Waals surface area contributed by atoms with E-state index in [1.54, 1.807) is 117 Å². The van der Waals surface area contributed by atoms with E-state index >= 15 is 0 Å². The van der Waals surface area contributed by atoms with Gasteiger partial charge in [0.1, 0.15) is 33.3 Å². The van der Waals surface area contributed by atoms with E-state index in [-0.39, 0.29) is 41.0 Å². The van der Waals surface area contributed by atoms with Crippen LogP contribution < -0.4 is 55.3 Å². The average Bonchev–Trinajstić information content (AvgIpc) is 1.66. The molecule has 17 rings (SSSR count). The maximum atomic E-state index is 14.6. The minimum Gasteiger partial charge on any atom is -0.368 e. The molecule has 0 radical (unpaired) electrons. The molecule has 0 saturated heterocycles. The lowest BCUT2D eigenvalue weighted by Crippen LogP contribution is -2.16. The number of nitrogen functional groups attached to an aromatic ring is 5. The van der Waals surface area contributed by atoms with Crippen molar-refractivity contribution in [3.8, 4) is 5.69 Å². The van der Waals surface area contributed by atoms with Crippen molar-refractivity contribution in [2.75, 3.05) is 55.3 Å². The van der Waals surface area contributed by atoms with Crippen LogP contribution in [0.5, 0.6) is 0 Å². The molecule has 622 valence electrons. The first-order valence-corrected chi connectivity index (χ1v) is 42.9. The number of hydrogen-bond acceptors (Lipinski definition) is 29. The molecule has 1 aliphatic rings. The predicted molar refractivity (Wildman–Crippen MR) is 498 cm³/mol. The van der Waals surface area contributed by atoms with Crippen LogP contribution in [-0.4, -0.2) is 79.3 Å². The monoisotopic (exact) mass is 1750 g/mol. The maximum absolute atomic E-state index is 14.6. The summed E-state index contributed by atoms with van der Waals surface area (Å²) in [6, 6.07) is 61.0. The zero-order valence-corrected chi connectivity index (χ0v) is 72.6. The van der Waals surface area contributed by atoms with E-state index in [4.69, 9.17) is 51.9 Å². The molecule has 0 atom stereocenters. The average molecular weight is 1750 g/mol. The molecule has 15 N–H and O–H groups in total. The van der Waals surface area contributed by atoms with Crippen LogP contribution in [0.25, 0.3) is 16.6 Å². The Morgan fingerprint density at radius 1 is 0.390 bits per heavy atom. The van der Waals surface area contributed by atoms with E-state index in [1.165, 1.54) is 24.2 Å². The molecule has 0 fully saturated rings. The second kappa shape index (κ2) is 42.3. The molecular formula is C90H87Cl2FN26S4. The molecule has 11 heterocycles. The van der Waals surface area contributed by atoms with Crippen molar-refractivity contribution in [3.63, 3.8) is 0 Å². The summed E-state index contributed by atoms with van der Waals surface area (Å²) in [5.74, 6) is 4.03. The molecule has 1 aliphatic carbocycles. The van der Waals surface area contributed by atoms with Gasteiger partial charge in [0, 0.05) is 176 Å². The van der Waals surface area contributed by atoms with Gasteiger partial charge in [0.2, 0.25) is 29.7 Å². The standard InChI is InChI=1S/C20H20FN5S.C19H21N5S.C18H15ClN6.C17H17N5S.C16H14ClN5S/c21-16-12-13(6-7-18(16)27-14-8-10-23-11-9-14)24-19-15-4-2-1-3-5-17(15)25-20(22)26-19;1-19(2,3)16-12-17(24-18(20)23-16)22-13-4-6-14(7-5-13)25-15-8-10-21-11-9-15;1-11-16(19)17(24-18(20)22-11)23-13-2-3-15-12(10-13)6-9-25(15)14-4-7-21-8-5-14;1-2-12-11-16(22-17(18)21-12)20-13-3-5-14(6-4-13)23-15-7-9-19-10-8-15;1-10-14(17)15(22-16(18)20-10)21-11-2-4-12(5-3-11)23-13-6-8-19-9-7-13/h6-12H,1-5H2,(H3,22,24,25,26);4-12H,1-3H3,(H3,20,22,23,24);2-10H,1H3,(H3,20,22,23,24);3-11H,2H2,1H3,(H3,18,20,21,22);2-9H,1H3,(H3,18,20,21,22). The molecular weight excluding hydrogens is 1660 g/mol. The summed E-state index contributed by atoms with van der Waals surface area (Å²) in [4.78, 5) is 70.7. The molecule has 0 bridgehead atoms. The third-order valence-corrected chi connectivity index (χ3v) is 23.2. The van der Waals surface area contributed by atoms with Gasteiger partial charge in [-0.3, -0.25) is 24.9 Å². The highest BCUT2D eigenvalue weighted by molar-refractivity contribution is 8.00. The Morgan fingerprint density at radius 3 is 1.28 bits per heavy atom. The Kier molecular flexibility index (Phi) is 30.1. The maximum Gasteiger partial charge on any atom is 0.222 e. The topological polar surface area (TPSA) is 389 Å². The van der Waals surface area contributed by atoms with Gasteiger partial charge in [-0.15, -0.1) is 0 Å². The number of hydrogen-bond donors (Lipinski definition) is 10. The number of benzene rings is 5. The first kappa shape index (κ1) is 87.5. The molecule has 123 heavy (non-hydrogen) atoms. The second-order valence-corrected chi connectivity index (χ2v) is 33.7. The van der Waals surface area contributed by atoms with Crippen molar-refractivity contribution in [1.29, 1.82) is 0 Å². The minimum absolute atomic E-state index is 0.0848. The van der Waals surface area contributed by atoms with E-state index in [9.17, 15) is 4.39 Å². The van der Waals surface area contributed by atoms with Gasteiger partial charge in [0.05, 0.1) is 28.3 Å². The molecule has 0 saturated carbocycles. The number of nitrogens with one attached hydrogen (secondary N) is 5. The Morgan fingerprint density at radius 2 is 0.789 bits per heavy atom. The van der Waals surface area contributed by atoms with E-state index in [1.807, 2.05) is 159 Å². The van der Waals surface area contributed by atoms with Crippen molar-refractivity contribution < 1.29 is 4.39 Å². The fourth-order valence-electron chi connectivity index (χ4n) is 12.2. The first-order valence-electron chi connectivity index (χ1n) is 38.9. The Labute approximate surface area is 738 Å². The summed E-state index contributed by atoms with van der Waals surface area (Å²) >= 11 is 18.9. The Bertz CT molecular complexity index is 6180. The zero-order valence-electron chi connectivity index (χ0n) is 67.8. The molecule has 11 aromatic heterocycles. The van der Waals surface area contributed by atoms with Gasteiger partial charge in [-0.2, -0.15) is 24.9 Å². The van der Waals surface area contributed by atoms with Crippen LogP contribution in [0.15, 0.2) is 295 Å². The fraction of sp³-hybridized carbons (Fsp3) is 0.144. The van der Waals surface area contributed by atoms with E-state index in [0.29, 0.717) is 61.1 Å². The molecule has 16 aromatic rings. The van der Waals surface area contributed by atoms with Gasteiger partial charge in [-0.25, -0.2) is 29.3 Å². The van der Waals surface area contributed by atoms with E-state index in [2.05, 4.69) is 157 Å². The summed E-state index contributed by atoms with van der Waals surface area (Å²) in [5, 5.41) is 18.2. The number of nitrogens with zero attached hydrogens (tertiary/aromatic N) is 16. The van der Waals surface area contributed by atoms with E-state index < -0.39 is 0 Å². The Balaban J connectivity index is 0.000000132. The highest BCUT2D eigenvalue weighted by atomic mass is 35.5. The van der Waals surface area contributed by atoms with Crippen LogP contribution in [0.1, 0.15) is 81.0 Å². The number of aryl methyl sites for hydroxylation is 4. The van der Waals surface area contributed by atoms with Gasteiger partial charge >= 0.3 is 0 Å². The van der Waals surface area contributed by atoms with Crippen LogP contribution in [0.4, 0.5) is 91.7 Å². The lowest BCUT2D eigenvalue weighted by molar-refractivity contribution is 0.568. The van der Waals surface area contributed by atoms with Crippen molar-refractivity contribution in [2.24, 2.45) is 0 Å². The van der Waals surface area contributed by atoms with Crippen LogP contribution in [0.2, 0.25) is 10.0 Å². The molecule has 0 unspecified atom stereocenters. The Hall–Kier alpha value is -13.3. The summed E-state index contributed by atoms with van der Waals surface area (Å²) in [6.45, 7) is 11.9. The van der Waals surface area contributed by atoms with Crippen LogP contribution >= 0.6 is 70.2 Å². The molecule has 26 nitrogen and oxygen atoms in total. The van der Waals surface area contributed by atoms with Gasteiger partial charge in [0.15, 0.2) is 11.6 Å². The zero-order chi connectivity index (χ0) is 86.2. The number of fused-ring (bicyclic) bond motifs is 2. The number of nitrogens with two attached hydrogens (primary N) is 5. The molecule has 0 amide bonds. The first-order chi connectivity index (χ1) is 59.5. The van der Waals surface area contributed by atoms with Crippen LogP contribution in [0.3, 0.4) is 0 Å². The molecule has 33 heteroatoms. The fourth-order valence-corrected chi connectivity index (χ4v) is 15.7. The van der Waals surface area contributed by atoms with Crippen LogP contribution in [-0.2, 0) is 24.7 Å². The molecule has 0 spiro atoms. The van der Waals surface area contributed by atoms with Crippen molar-refractivity contribution in [3.05, 3.63) is 306 Å².